The van der Waals surface area contributed by atoms with Crippen molar-refractivity contribution in [1.29, 1.82) is 0 Å². The van der Waals surface area contributed by atoms with Gasteiger partial charge in [-0.3, -0.25) is 0 Å². The molecule has 0 bridgehead atoms. The van der Waals surface area contributed by atoms with E-state index in [1.165, 1.54) is 6.42 Å². The van der Waals surface area contributed by atoms with Gasteiger partial charge in [0.15, 0.2) is 0 Å². The number of hydrogen-bond acceptors (Lipinski definition) is 0. The Morgan fingerprint density at radius 3 is 1.62 bits per heavy atom. The number of rotatable bonds is 1. The van der Waals surface area contributed by atoms with Gasteiger partial charge in [0.2, 0.25) is 0 Å². The van der Waals surface area contributed by atoms with E-state index in [1.807, 2.05) is 0 Å². The Balaban J connectivity index is -0.000000333. The van der Waals surface area contributed by atoms with Crippen LogP contribution in [0.3, 0.4) is 0 Å². The number of hydrogen-bond donors (Lipinski definition) is 0. The van der Waals surface area contributed by atoms with Crippen molar-refractivity contribution in [2.24, 2.45) is 0 Å². The van der Waals surface area contributed by atoms with Gasteiger partial charge in [0.05, 0.1) is 0 Å². The average molecular weight is 326 g/mol. The third kappa shape index (κ3) is 6.34. The summed E-state index contributed by atoms with van der Waals surface area (Å²) in [4.78, 5) is 0. The monoisotopic (exact) mass is 323 g/mol. The molecule has 4 heteroatoms. The van der Waals surface area contributed by atoms with Crippen molar-refractivity contribution < 1.29 is 18.8 Å². The van der Waals surface area contributed by atoms with E-state index in [9.17, 15) is 0 Å². The second kappa shape index (κ2) is 5.96. The molecule has 0 aromatic rings. The number of allylic oxidation sites excluding steroid dienone is 4. The Morgan fingerprint density at radius 2 is 1.46 bits per heavy atom. The topological polar surface area (TPSA) is 0 Å². The van der Waals surface area contributed by atoms with Crippen molar-refractivity contribution in [3.8, 4) is 0 Å². The fourth-order valence-corrected chi connectivity index (χ4v) is 5.36. The van der Waals surface area contributed by atoms with E-state index in [4.69, 9.17) is 0 Å². The third-order valence-corrected chi connectivity index (χ3v) is 9.28. The third-order valence-electron chi connectivity index (χ3n) is 2.06. The standard InChI is InChI=1S/C5H5.4CH3.3ClH.Zr/c1-2-4-5-3-1;;;;;;;;/h1-3H,4H2;4*1H3;3*1H;. The molecule has 0 heterocycles. The van der Waals surface area contributed by atoms with Gasteiger partial charge in [0.1, 0.15) is 0 Å². The number of halogens is 3. The van der Waals surface area contributed by atoms with E-state index in [1.54, 1.807) is 3.28 Å². The van der Waals surface area contributed by atoms with Crippen LogP contribution < -0.4 is 0 Å². The quantitative estimate of drug-likeness (QED) is 0.638. The van der Waals surface area contributed by atoms with Crippen LogP contribution in [0.5, 0.6) is 0 Å². The van der Waals surface area contributed by atoms with Gasteiger partial charge < -0.3 is 0 Å². The first kappa shape index (κ1) is 19.8. The van der Waals surface area contributed by atoms with Gasteiger partial charge in [-0.25, -0.2) is 0 Å². The van der Waals surface area contributed by atoms with E-state index < -0.39 is 18.8 Å². The van der Waals surface area contributed by atoms with Gasteiger partial charge >= 0.3 is 65.2 Å². The summed E-state index contributed by atoms with van der Waals surface area (Å²) in [6.45, 7) is 0. The summed E-state index contributed by atoms with van der Waals surface area (Å²) in [5, 5.41) is 0. The van der Waals surface area contributed by atoms with Gasteiger partial charge in [-0.1, -0.05) is 0 Å². The molecule has 1 aliphatic carbocycles. The van der Waals surface area contributed by atoms with Crippen molar-refractivity contribution in [2.45, 2.75) is 24.9 Å². The van der Waals surface area contributed by atoms with Crippen LogP contribution in [0.1, 0.15) is 6.42 Å². The predicted octanol–water partition coefficient (Wildman–Crippen LogP) is 4.98. The summed E-state index contributed by atoms with van der Waals surface area (Å²) in [5.41, 5.74) is 0. The van der Waals surface area contributed by atoms with E-state index >= 15 is 0 Å². The summed E-state index contributed by atoms with van der Waals surface area (Å²) in [5.74, 6) is 0. The first-order chi connectivity index (χ1) is 4.36. The summed E-state index contributed by atoms with van der Waals surface area (Å²) < 4.78 is 11.7. The Morgan fingerprint density at radius 1 is 1.00 bits per heavy atom. The maximum absolute atomic E-state index is 2.49. The van der Waals surface area contributed by atoms with Crippen LogP contribution in [0.15, 0.2) is 21.5 Å². The molecule has 0 spiro atoms. The molecule has 1 rings (SSSR count). The molecule has 0 unspecified atom stereocenters. The first-order valence-electron chi connectivity index (χ1n) is 3.97. The van der Waals surface area contributed by atoms with E-state index in [0.29, 0.717) is 0 Å². The van der Waals surface area contributed by atoms with Crippen LogP contribution >= 0.6 is 37.2 Å². The van der Waals surface area contributed by atoms with Crippen molar-refractivity contribution >= 4 is 37.2 Å². The van der Waals surface area contributed by atoms with Gasteiger partial charge in [-0.2, -0.15) is 0 Å². The van der Waals surface area contributed by atoms with Crippen molar-refractivity contribution in [2.75, 3.05) is 0 Å². The molecule has 0 aromatic carbocycles. The first-order valence-corrected chi connectivity index (χ1v) is 15.0. The molecule has 81 valence electrons. The van der Waals surface area contributed by atoms with Crippen molar-refractivity contribution in [1.82, 2.24) is 0 Å². The van der Waals surface area contributed by atoms with Crippen LogP contribution in [0.4, 0.5) is 0 Å². The van der Waals surface area contributed by atoms with Crippen LogP contribution in [0, 0.1) is 0 Å². The van der Waals surface area contributed by atoms with Gasteiger partial charge in [-0.15, -0.1) is 37.2 Å². The molecule has 0 saturated carbocycles. The molecular weight excluding hydrogens is 306 g/mol. The molecule has 0 fully saturated rings. The van der Waals surface area contributed by atoms with Gasteiger partial charge in [0, 0.05) is 0 Å². The molecule has 1 aliphatic rings. The predicted molar refractivity (Wildman–Crippen MR) is 67.0 cm³/mol. The summed E-state index contributed by atoms with van der Waals surface area (Å²) in [7, 11) is 0. The van der Waals surface area contributed by atoms with E-state index in [0.717, 1.165) is 0 Å². The molecule has 0 amide bonds. The Kier molecular flexibility index (Phi) is 9.05. The zero-order valence-electron chi connectivity index (χ0n) is 8.66. The summed E-state index contributed by atoms with van der Waals surface area (Å²) >= 11 is -2.20. The van der Waals surface area contributed by atoms with Crippen molar-refractivity contribution in [3.63, 3.8) is 0 Å². The Labute approximate surface area is 102 Å². The maximum atomic E-state index is 2.49. The second-order valence-electron chi connectivity index (χ2n) is 5.32. The normalized spacial score (nSPS) is 16.9. The SMILES string of the molecule is Cl.Cl.Cl.[CH3][Zr]([CH3])([CH3])([CH3])[C]1=CC=CC1. The molecule has 0 atom stereocenters. The summed E-state index contributed by atoms with van der Waals surface area (Å²) in [6, 6.07) is 0. The zero-order valence-corrected chi connectivity index (χ0v) is 13.6. The summed E-state index contributed by atoms with van der Waals surface area (Å²) in [6.07, 6.45) is 8.02. The van der Waals surface area contributed by atoms with Gasteiger partial charge in [0.25, 0.3) is 0 Å². The zero-order chi connectivity index (χ0) is 7.85. The molecule has 0 N–H and O–H groups in total. The molecular formula is C9H20Cl3Zr. The fourth-order valence-electron chi connectivity index (χ4n) is 1.19. The van der Waals surface area contributed by atoms with Crippen LogP contribution in [0.2, 0.25) is 18.5 Å². The van der Waals surface area contributed by atoms with Crippen LogP contribution in [0.25, 0.3) is 0 Å². The molecule has 0 radical (unpaired) electrons. The molecule has 13 heavy (non-hydrogen) atoms. The van der Waals surface area contributed by atoms with Crippen LogP contribution in [-0.2, 0) is 18.8 Å². The second-order valence-corrected chi connectivity index (χ2v) is 26.6. The van der Waals surface area contributed by atoms with E-state index in [2.05, 4.69) is 36.8 Å². The molecule has 0 aliphatic heterocycles. The Hall–Kier alpha value is 1.23. The molecule has 0 saturated heterocycles. The van der Waals surface area contributed by atoms with E-state index in [-0.39, 0.29) is 37.2 Å². The molecule has 0 aromatic heterocycles. The van der Waals surface area contributed by atoms with Crippen LogP contribution in [-0.4, -0.2) is 0 Å². The average Bonchev–Trinajstić information content (AvgIpc) is 2.04. The Bertz CT molecular complexity index is 201. The minimum absolute atomic E-state index is 0. The molecule has 0 nitrogen and oxygen atoms in total. The van der Waals surface area contributed by atoms with Gasteiger partial charge in [-0.05, 0) is 0 Å². The fraction of sp³-hybridized carbons (Fsp3) is 0.556. The minimum atomic E-state index is -2.20. The van der Waals surface area contributed by atoms with Crippen molar-refractivity contribution in [3.05, 3.63) is 21.5 Å².